The molecule has 1 aromatic heterocycles. The van der Waals surface area contributed by atoms with Crippen LogP contribution < -0.4 is 0 Å². The number of carboxylic acid groups (broad SMARTS) is 1. The van der Waals surface area contributed by atoms with Crippen molar-refractivity contribution < 1.29 is 9.90 Å². The smallest absolute Gasteiger partial charge is 0.306 e. The Labute approximate surface area is 101 Å². The summed E-state index contributed by atoms with van der Waals surface area (Å²) >= 11 is 0. The monoisotopic (exact) mass is 237 g/mol. The number of hydrogen-bond donors (Lipinski definition) is 1. The Morgan fingerprint density at radius 2 is 2.24 bits per heavy atom. The summed E-state index contributed by atoms with van der Waals surface area (Å²) < 4.78 is 1.99. The molecular weight excluding hydrogens is 218 g/mol. The van der Waals surface area contributed by atoms with E-state index in [2.05, 4.69) is 16.9 Å². The SMILES string of the molecule is CCn1nccc1CN1CCC(C(=O)O)CC1. The van der Waals surface area contributed by atoms with Crippen molar-refractivity contribution in [2.45, 2.75) is 32.9 Å². The molecule has 1 aliphatic rings. The van der Waals surface area contributed by atoms with Crippen LogP contribution >= 0.6 is 0 Å². The second-order valence-corrected chi connectivity index (χ2v) is 4.53. The third-order valence-electron chi connectivity index (χ3n) is 3.43. The van der Waals surface area contributed by atoms with Crippen molar-refractivity contribution >= 4 is 5.97 Å². The van der Waals surface area contributed by atoms with Crippen LogP contribution in [0, 0.1) is 5.92 Å². The van der Waals surface area contributed by atoms with E-state index in [1.54, 1.807) is 0 Å². The first kappa shape index (κ1) is 12.1. The van der Waals surface area contributed by atoms with E-state index < -0.39 is 5.97 Å². The van der Waals surface area contributed by atoms with Crippen LogP contribution in [-0.2, 0) is 17.9 Å². The molecule has 1 N–H and O–H groups in total. The fraction of sp³-hybridized carbons (Fsp3) is 0.667. The van der Waals surface area contributed by atoms with Gasteiger partial charge in [0, 0.05) is 19.3 Å². The van der Waals surface area contributed by atoms with Crippen LogP contribution in [0.25, 0.3) is 0 Å². The van der Waals surface area contributed by atoms with Gasteiger partial charge in [-0.2, -0.15) is 5.10 Å². The Kier molecular flexibility index (Phi) is 3.78. The third kappa shape index (κ3) is 2.85. The topological polar surface area (TPSA) is 58.4 Å². The maximum Gasteiger partial charge on any atom is 0.306 e. The lowest BCUT2D eigenvalue weighted by molar-refractivity contribution is -0.143. The van der Waals surface area contributed by atoms with Crippen molar-refractivity contribution in [2.24, 2.45) is 5.92 Å². The second kappa shape index (κ2) is 5.31. The number of carbonyl (C=O) groups is 1. The molecule has 17 heavy (non-hydrogen) atoms. The average molecular weight is 237 g/mol. The summed E-state index contributed by atoms with van der Waals surface area (Å²) in [6, 6.07) is 2.03. The zero-order valence-electron chi connectivity index (χ0n) is 10.2. The molecule has 0 aliphatic carbocycles. The lowest BCUT2D eigenvalue weighted by Crippen LogP contribution is -2.36. The minimum Gasteiger partial charge on any atom is -0.481 e. The molecule has 0 unspecified atom stereocenters. The number of piperidine rings is 1. The number of aromatic nitrogens is 2. The van der Waals surface area contributed by atoms with E-state index in [4.69, 9.17) is 5.11 Å². The van der Waals surface area contributed by atoms with E-state index in [0.29, 0.717) is 0 Å². The average Bonchev–Trinajstić information content (AvgIpc) is 2.77. The van der Waals surface area contributed by atoms with Crippen molar-refractivity contribution in [3.8, 4) is 0 Å². The van der Waals surface area contributed by atoms with Gasteiger partial charge in [0.15, 0.2) is 0 Å². The van der Waals surface area contributed by atoms with Gasteiger partial charge in [0.25, 0.3) is 0 Å². The van der Waals surface area contributed by atoms with Crippen molar-refractivity contribution in [3.63, 3.8) is 0 Å². The number of rotatable bonds is 4. The Hall–Kier alpha value is -1.36. The molecular formula is C12H19N3O2. The fourth-order valence-electron chi connectivity index (χ4n) is 2.35. The molecule has 5 heteroatoms. The van der Waals surface area contributed by atoms with Crippen LogP contribution in [0.2, 0.25) is 0 Å². The molecule has 1 fully saturated rings. The van der Waals surface area contributed by atoms with E-state index in [9.17, 15) is 4.79 Å². The summed E-state index contributed by atoms with van der Waals surface area (Å²) in [6.07, 6.45) is 3.34. The molecule has 0 bridgehead atoms. The van der Waals surface area contributed by atoms with E-state index in [1.165, 1.54) is 5.69 Å². The highest BCUT2D eigenvalue weighted by Gasteiger charge is 2.24. The third-order valence-corrected chi connectivity index (χ3v) is 3.43. The van der Waals surface area contributed by atoms with Crippen LogP contribution in [0.5, 0.6) is 0 Å². The Morgan fingerprint density at radius 1 is 1.53 bits per heavy atom. The molecule has 1 saturated heterocycles. The van der Waals surface area contributed by atoms with E-state index >= 15 is 0 Å². The summed E-state index contributed by atoms with van der Waals surface area (Å²) in [5, 5.41) is 13.2. The highest BCUT2D eigenvalue weighted by molar-refractivity contribution is 5.70. The van der Waals surface area contributed by atoms with Crippen LogP contribution in [0.4, 0.5) is 0 Å². The molecule has 2 rings (SSSR count). The molecule has 0 saturated carbocycles. The standard InChI is InChI=1S/C12H19N3O2/c1-2-15-11(3-6-13-15)9-14-7-4-10(5-8-14)12(16)17/h3,6,10H,2,4-5,7-9H2,1H3,(H,16,17). The lowest BCUT2D eigenvalue weighted by Gasteiger charge is -2.29. The molecule has 94 valence electrons. The van der Waals surface area contributed by atoms with Crippen molar-refractivity contribution in [1.29, 1.82) is 0 Å². The molecule has 5 nitrogen and oxygen atoms in total. The molecule has 1 aliphatic heterocycles. The molecule has 0 amide bonds. The Bertz CT molecular complexity index is 381. The zero-order valence-corrected chi connectivity index (χ0v) is 10.2. The summed E-state index contributed by atoms with van der Waals surface area (Å²) in [4.78, 5) is 13.2. The highest BCUT2D eigenvalue weighted by Crippen LogP contribution is 2.18. The first-order valence-corrected chi connectivity index (χ1v) is 6.16. The van der Waals surface area contributed by atoms with E-state index in [1.807, 2.05) is 16.9 Å². The van der Waals surface area contributed by atoms with Gasteiger partial charge in [0.05, 0.1) is 11.6 Å². The van der Waals surface area contributed by atoms with Crippen molar-refractivity contribution in [3.05, 3.63) is 18.0 Å². The predicted octanol–water partition coefficient (Wildman–Crippen LogP) is 1.20. The van der Waals surface area contributed by atoms with Gasteiger partial charge in [-0.1, -0.05) is 0 Å². The van der Waals surface area contributed by atoms with E-state index in [-0.39, 0.29) is 5.92 Å². The minimum absolute atomic E-state index is 0.151. The maximum atomic E-state index is 10.8. The van der Waals surface area contributed by atoms with Gasteiger partial charge in [-0.05, 0) is 38.9 Å². The van der Waals surface area contributed by atoms with Crippen LogP contribution in [0.15, 0.2) is 12.3 Å². The molecule has 0 atom stereocenters. The summed E-state index contributed by atoms with van der Waals surface area (Å²) in [5.74, 6) is -0.800. The number of carboxylic acids is 1. The summed E-state index contributed by atoms with van der Waals surface area (Å²) in [7, 11) is 0. The normalized spacial score (nSPS) is 18.4. The van der Waals surface area contributed by atoms with Crippen molar-refractivity contribution in [2.75, 3.05) is 13.1 Å². The lowest BCUT2D eigenvalue weighted by atomic mass is 9.97. The van der Waals surface area contributed by atoms with Crippen LogP contribution in [0.1, 0.15) is 25.5 Å². The van der Waals surface area contributed by atoms with Gasteiger partial charge >= 0.3 is 5.97 Å². The largest absolute Gasteiger partial charge is 0.481 e. The van der Waals surface area contributed by atoms with Crippen molar-refractivity contribution in [1.82, 2.24) is 14.7 Å². The molecule has 0 spiro atoms. The van der Waals surface area contributed by atoms with Crippen LogP contribution in [-0.4, -0.2) is 38.8 Å². The van der Waals surface area contributed by atoms with Gasteiger partial charge in [-0.3, -0.25) is 14.4 Å². The van der Waals surface area contributed by atoms with Gasteiger partial charge in [0.2, 0.25) is 0 Å². The maximum absolute atomic E-state index is 10.8. The first-order valence-electron chi connectivity index (χ1n) is 6.16. The second-order valence-electron chi connectivity index (χ2n) is 4.53. The van der Waals surface area contributed by atoms with E-state index in [0.717, 1.165) is 39.0 Å². The quantitative estimate of drug-likeness (QED) is 0.855. The molecule has 1 aromatic rings. The first-order chi connectivity index (χ1) is 8.20. The number of aryl methyl sites for hydroxylation is 1. The predicted molar refractivity (Wildman–Crippen MR) is 63.5 cm³/mol. The Morgan fingerprint density at radius 3 is 2.82 bits per heavy atom. The van der Waals surface area contributed by atoms with Gasteiger partial charge < -0.3 is 5.11 Å². The fourth-order valence-corrected chi connectivity index (χ4v) is 2.35. The van der Waals surface area contributed by atoms with Gasteiger partial charge in [-0.15, -0.1) is 0 Å². The molecule has 0 radical (unpaired) electrons. The number of likely N-dealkylation sites (tertiary alicyclic amines) is 1. The number of nitrogens with zero attached hydrogens (tertiary/aromatic N) is 3. The summed E-state index contributed by atoms with van der Waals surface area (Å²) in [6.45, 7) is 5.57. The zero-order chi connectivity index (χ0) is 12.3. The highest BCUT2D eigenvalue weighted by atomic mass is 16.4. The molecule has 0 aromatic carbocycles. The van der Waals surface area contributed by atoms with Crippen LogP contribution in [0.3, 0.4) is 0 Å². The van der Waals surface area contributed by atoms with Gasteiger partial charge in [0.1, 0.15) is 0 Å². The summed E-state index contributed by atoms with van der Waals surface area (Å²) in [5.41, 5.74) is 1.21. The number of hydrogen-bond acceptors (Lipinski definition) is 3. The minimum atomic E-state index is -0.650. The Balaban J connectivity index is 1.88. The molecule has 2 heterocycles. The number of aliphatic carboxylic acids is 1. The van der Waals surface area contributed by atoms with Gasteiger partial charge in [-0.25, -0.2) is 0 Å².